The zero-order chi connectivity index (χ0) is 26.2. The summed E-state index contributed by atoms with van der Waals surface area (Å²) in [5.41, 5.74) is 0.934. The van der Waals surface area contributed by atoms with E-state index >= 15 is 0 Å². The van der Waals surface area contributed by atoms with Crippen LogP contribution >= 0.6 is 11.8 Å². The average Bonchev–Trinajstić information content (AvgIpc) is 3.26. The summed E-state index contributed by atoms with van der Waals surface area (Å²) < 4.78 is 11.7. The number of nitrogens with one attached hydrogen (secondary N) is 1. The Hall–Kier alpha value is -2.88. The quantitative estimate of drug-likeness (QED) is 0.379. The van der Waals surface area contributed by atoms with Gasteiger partial charge >= 0.3 is 11.9 Å². The second-order valence-corrected chi connectivity index (χ2v) is 11.8. The molecule has 0 radical (unpaired) electrons. The maximum absolute atomic E-state index is 12.8. The van der Waals surface area contributed by atoms with E-state index in [1.807, 2.05) is 0 Å². The maximum Gasteiger partial charge on any atom is 0.339 e. The molecule has 37 heavy (non-hydrogen) atoms. The second-order valence-electron chi connectivity index (χ2n) is 10.8. The number of esters is 2. The summed E-state index contributed by atoms with van der Waals surface area (Å²) in [4.78, 5) is 37.0. The fraction of sp³-hybridized carbons (Fsp3) is 0.593. The van der Waals surface area contributed by atoms with Gasteiger partial charge < -0.3 is 19.4 Å². The van der Waals surface area contributed by atoms with E-state index in [9.17, 15) is 14.4 Å². The molecule has 198 valence electrons. The van der Waals surface area contributed by atoms with Gasteiger partial charge in [0.25, 0.3) is 0 Å². The summed E-state index contributed by atoms with van der Waals surface area (Å²) in [7, 11) is 2.53. The highest BCUT2D eigenvalue weighted by molar-refractivity contribution is 7.99. The molecule has 0 atom stereocenters. The van der Waals surface area contributed by atoms with Crippen LogP contribution in [0.25, 0.3) is 0 Å². The monoisotopic (exact) mass is 526 g/mol. The van der Waals surface area contributed by atoms with Gasteiger partial charge in [-0.3, -0.25) is 4.79 Å². The van der Waals surface area contributed by atoms with Crippen molar-refractivity contribution < 1.29 is 23.9 Å². The number of hydrogen-bond donors (Lipinski definition) is 1. The number of rotatable bonds is 9. The first-order valence-electron chi connectivity index (χ1n) is 13.0. The van der Waals surface area contributed by atoms with Crippen LogP contribution in [0.3, 0.4) is 0 Å². The van der Waals surface area contributed by atoms with Crippen LogP contribution in [0.1, 0.15) is 72.0 Å². The molecule has 10 heteroatoms. The lowest BCUT2D eigenvalue weighted by Crippen LogP contribution is -2.47. The molecule has 0 saturated heterocycles. The van der Waals surface area contributed by atoms with Gasteiger partial charge in [0.2, 0.25) is 5.91 Å². The molecule has 0 spiro atoms. The zero-order valence-electron chi connectivity index (χ0n) is 21.6. The highest BCUT2D eigenvalue weighted by atomic mass is 32.2. The number of carbonyl (C=O) groups excluding carboxylic acids is 3. The van der Waals surface area contributed by atoms with Crippen LogP contribution in [0.5, 0.6) is 0 Å². The molecule has 4 saturated carbocycles. The first-order chi connectivity index (χ1) is 17.8. The van der Waals surface area contributed by atoms with Gasteiger partial charge in [0, 0.05) is 13.0 Å². The van der Waals surface area contributed by atoms with Gasteiger partial charge in [-0.15, -0.1) is 10.2 Å². The van der Waals surface area contributed by atoms with E-state index in [1.165, 1.54) is 82.7 Å². The standard InChI is InChI=1S/C27H34N4O5S/c1-4-31-22(14-27-11-16-7-17(12-27)9-18(8-16)13-27)29-30-26(31)37-15-23(32)28-21-10-19(24(33)35-2)5-6-20(21)25(34)36-3/h5-6,10,16-18H,4,7-9,11-15H2,1-3H3,(H,28,32). The molecule has 4 bridgehead atoms. The molecule has 1 N–H and O–H groups in total. The third-order valence-electron chi connectivity index (χ3n) is 8.26. The van der Waals surface area contributed by atoms with E-state index in [1.54, 1.807) is 0 Å². The van der Waals surface area contributed by atoms with Gasteiger partial charge in [-0.25, -0.2) is 9.59 Å². The summed E-state index contributed by atoms with van der Waals surface area (Å²) in [5.74, 6) is 2.25. The van der Waals surface area contributed by atoms with Crippen LogP contribution in [0.2, 0.25) is 0 Å². The SMILES string of the molecule is CCn1c(CC23CC4CC(CC(C4)C2)C3)nnc1SCC(=O)Nc1cc(C(=O)OC)ccc1C(=O)OC. The van der Waals surface area contributed by atoms with Gasteiger partial charge in [0.15, 0.2) is 5.16 Å². The van der Waals surface area contributed by atoms with Gasteiger partial charge in [-0.2, -0.15) is 0 Å². The predicted octanol–water partition coefficient (Wildman–Crippen LogP) is 4.36. The van der Waals surface area contributed by atoms with Gasteiger partial charge in [-0.1, -0.05) is 11.8 Å². The molecular formula is C27H34N4O5S. The number of ether oxygens (including phenoxy) is 2. The minimum Gasteiger partial charge on any atom is -0.465 e. The fourth-order valence-corrected chi connectivity index (χ4v) is 8.03. The minimum absolute atomic E-state index is 0.0819. The third kappa shape index (κ3) is 5.26. The highest BCUT2D eigenvalue weighted by Crippen LogP contribution is 2.61. The second kappa shape index (κ2) is 10.5. The molecule has 0 aliphatic heterocycles. The van der Waals surface area contributed by atoms with Crippen LogP contribution in [0.15, 0.2) is 23.4 Å². The number of carbonyl (C=O) groups is 3. The number of benzene rings is 1. The van der Waals surface area contributed by atoms with Gasteiger partial charge in [-0.05, 0) is 86.8 Å². The van der Waals surface area contributed by atoms with E-state index in [0.717, 1.165) is 36.5 Å². The minimum atomic E-state index is -0.612. The van der Waals surface area contributed by atoms with Crippen molar-refractivity contribution in [2.45, 2.75) is 63.6 Å². The summed E-state index contributed by atoms with van der Waals surface area (Å²) in [6, 6.07) is 4.31. The van der Waals surface area contributed by atoms with Crippen LogP contribution in [0.4, 0.5) is 5.69 Å². The van der Waals surface area contributed by atoms with Gasteiger partial charge in [0.05, 0.1) is 36.8 Å². The number of aromatic nitrogens is 3. The average molecular weight is 527 g/mol. The molecular weight excluding hydrogens is 492 g/mol. The molecule has 2 aromatic rings. The maximum atomic E-state index is 12.8. The molecule has 4 aliphatic carbocycles. The first kappa shape index (κ1) is 25.8. The van der Waals surface area contributed by atoms with E-state index in [-0.39, 0.29) is 28.5 Å². The topological polar surface area (TPSA) is 112 Å². The van der Waals surface area contributed by atoms with Crippen molar-refractivity contribution in [1.29, 1.82) is 0 Å². The van der Waals surface area contributed by atoms with E-state index < -0.39 is 11.9 Å². The molecule has 1 aromatic heterocycles. The predicted molar refractivity (Wildman–Crippen MR) is 138 cm³/mol. The molecule has 9 nitrogen and oxygen atoms in total. The lowest BCUT2D eigenvalue weighted by Gasteiger charge is -2.56. The first-order valence-corrected chi connectivity index (χ1v) is 14.0. The Morgan fingerprint density at radius 2 is 1.68 bits per heavy atom. The smallest absolute Gasteiger partial charge is 0.339 e. The molecule has 6 rings (SSSR count). The van der Waals surface area contributed by atoms with E-state index in [4.69, 9.17) is 9.47 Å². The molecule has 4 fully saturated rings. The van der Waals surface area contributed by atoms with Crippen molar-refractivity contribution in [2.75, 3.05) is 25.3 Å². The molecule has 1 aromatic carbocycles. The summed E-state index contributed by atoms with van der Waals surface area (Å²) in [6.07, 6.45) is 9.14. The Morgan fingerprint density at radius 1 is 1.03 bits per heavy atom. The molecule has 1 heterocycles. The number of hydrogen-bond acceptors (Lipinski definition) is 8. The lowest BCUT2D eigenvalue weighted by molar-refractivity contribution is -0.113. The number of thioether (sulfide) groups is 1. The highest BCUT2D eigenvalue weighted by Gasteiger charge is 2.51. The van der Waals surface area contributed by atoms with Crippen LogP contribution < -0.4 is 5.32 Å². The Labute approximate surface area is 221 Å². The summed E-state index contributed by atoms with van der Waals surface area (Å²) in [6.45, 7) is 2.82. The van der Waals surface area contributed by atoms with Gasteiger partial charge in [0.1, 0.15) is 5.82 Å². The third-order valence-corrected chi connectivity index (χ3v) is 9.23. The Morgan fingerprint density at radius 3 is 2.27 bits per heavy atom. The normalized spacial score (nSPS) is 25.6. The lowest BCUT2D eigenvalue weighted by atomic mass is 9.49. The van der Waals surface area contributed by atoms with E-state index in [2.05, 4.69) is 27.0 Å². The van der Waals surface area contributed by atoms with Crippen molar-refractivity contribution in [1.82, 2.24) is 14.8 Å². The van der Waals surface area contributed by atoms with Crippen LogP contribution in [-0.2, 0) is 27.2 Å². The summed E-state index contributed by atoms with van der Waals surface area (Å²) >= 11 is 1.32. The number of anilines is 1. The molecule has 4 aliphatic rings. The zero-order valence-corrected chi connectivity index (χ0v) is 22.4. The number of amides is 1. The Balaban J connectivity index is 1.26. The van der Waals surface area contributed by atoms with Crippen LogP contribution in [-0.4, -0.2) is 52.6 Å². The number of nitrogens with zero attached hydrogens (tertiary/aromatic N) is 3. The van der Waals surface area contributed by atoms with Crippen molar-refractivity contribution in [3.05, 3.63) is 35.2 Å². The Bertz CT molecular complexity index is 1170. The van der Waals surface area contributed by atoms with Crippen molar-refractivity contribution in [3.8, 4) is 0 Å². The molecule has 0 unspecified atom stereocenters. The largest absolute Gasteiger partial charge is 0.465 e. The fourth-order valence-electron chi connectivity index (χ4n) is 7.21. The summed E-state index contributed by atoms with van der Waals surface area (Å²) in [5, 5.41) is 12.4. The van der Waals surface area contributed by atoms with Crippen molar-refractivity contribution in [2.24, 2.45) is 23.2 Å². The number of methoxy groups -OCH3 is 2. The Kier molecular flexibility index (Phi) is 7.29. The van der Waals surface area contributed by atoms with E-state index in [0.29, 0.717) is 10.6 Å². The van der Waals surface area contributed by atoms with Crippen molar-refractivity contribution in [3.63, 3.8) is 0 Å². The van der Waals surface area contributed by atoms with Crippen molar-refractivity contribution >= 4 is 35.3 Å². The van der Waals surface area contributed by atoms with Crippen LogP contribution in [0, 0.1) is 23.2 Å². The molecule has 1 amide bonds.